The van der Waals surface area contributed by atoms with Gasteiger partial charge >= 0.3 is 6.03 Å². The molecule has 2 aromatic carbocycles. The highest BCUT2D eigenvalue weighted by Gasteiger charge is 2.37. The smallest absolute Gasteiger partial charge is 0.335 e. The minimum atomic E-state index is -0.787. The van der Waals surface area contributed by atoms with Gasteiger partial charge in [-0.15, -0.1) is 0 Å². The first kappa shape index (κ1) is 22.2. The maximum atomic E-state index is 13.0. The van der Waals surface area contributed by atoms with Crippen molar-refractivity contribution in [3.63, 3.8) is 0 Å². The second-order valence-electron chi connectivity index (χ2n) is 7.60. The number of amides is 5. The van der Waals surface area contributed by atoms with E-state index in [-0.39, 0.29) is 18.1 Å². The molecule has 170 valence electrons. The third-order valence-corrected chi connectivity index (χ3v) is 5.38. The standard InChI is InChI=1S/C24H23N3O6/c1-16-4-2-3-5-20(16)27-23(30)19(22(29)25-24(27)31)14-17-6-8-18(9-7-17)33-15-21(28)26-10-12-32-13-11-26/h2-9,14H,10-13,15H2,1H3,(H,25,29,31)/b19-14+. The number of carbonyl (C=O) groups excluding carboxylic acids is 4. The Morgan fingerprint density at radius 3 is 2.45 bits per heavy atom. The Hall–Kier alpha value is -3.98. The fourth-order valence-electron chi connectivity index (χ4n) is 3.57. The van der Waals surface area contributed by atoms with Gasteiger partial charge in [-0.1, -0.05) is 30.3 Å². The molecule has 9 heteroatoms. The fourth-order valence-corrected chi connectivity index (χ4v) is 3.57. The summed E-state index contributed by atoms with van der Waals surface area (Å²) in [4.78, 5) is 52.5. The Labute approximate surface area is 190 Å². The molecule has 0 aliphatic carbocycles. The van der Waals surface area contributed by atoms with Crippen molar-refractivity contribution in [1.82, 2.24) is 10.2 Å². The molecule has 0 bridgehead atoms. The van der Waals surface area contributed by atoms with Crippen LogP contribution < -0.4 is 15.0 Å². The zero-order valence-electron chi connectivity index (χ0n) is 18.1. The van der Waals surface area contributed by atoms with E-state index in [0.717, 1.165) is 10.5 Å². The predicted molar refractivity (Wildman–Crippen MR) is 120 cm³/mol. The van der Waals surface area contributed by atoms with Crippen molar-refractivity contribution in [1.29, 1.82) is 0 Å². The molecule has 5 amide bonds. The summed E-state index contributed by atoms with van der Waals surface area (Å²) in [5.74, 6) is -1.09. The number of barbiturate groups is 1. The molecule has 2 heterocycles. The summed E-state index contributed by atoms with van der Waals surface area (Å²) in [6.45, 7) is 3.83. The number of imide groups is 2. The van der Waals surface area contributed by atoms with E-state index >= 15 is 0 Å². The Morgan fingerprint density at radius 2 is 1.76 bits per heavy atom. The van der Waals surface area contributed by atoms with Gasteiger partial charge in [0.2, 0.25) is 0 Å². The summed E-state index contributed by atoms with van der Waals surface area (Å²) in [5, 5.41) is 2.21. The first-order valence-electron chi connectivity index (χ1n) is 10.5. The van der Waals surface area contributed by atoms with Gasteiger partial charge in [0.25, 0.3) is 17.7 Å². The normalized spacial score (nSPS) is 17.8. The van der Waals surface area contributed by atoms with Gasteiger partial charge in [-0.25, -0.2) is 9.69 Å². The highest BCUT2D eigenvalue weighted by molar-refractivity contribution is 6.39. The van der Waals surface area contributed by atoms with Gasteiger partial charge in [0.1, 0.15) is 11.3 Å². The minimum Gasteiger partial charge on any atom is -0.484 e. The number of nitrogens with zero attached hydrogens (tertiary/aromatic N) is 2. The second-order valence-corrected chi connectivity index (χ2v) is 7.60. The van der Waals surface area contributed by atoms with Crippen molar-refractivity contribution >= 4 is 35.5 Å². The average molecular weight is 449 g/mol. The van der Waals surface area contributed by atoms with Crippen molar-refractivity contribution in [3.05, 3.63) is 65.2 Å². The summed E-state index contributed by atoms with van der Waals surface area (Å²) >= 11 is 0. The van der Waals surface area contributed by atoms with Gasteiger partial charge in [-0.3, -0.25) is 19.7 Å². The van der Waals surface area contributed by atoms with Crippen LogP contribution in [-0.4, -0.2) is 61.6 Å². The number of benzene rings is 2. The molecule has 0 radical (unpaired) electrons. The molecule has 9 nitrogen and oxygen atoms in total. The van der Waals surface area contributed by atoms with E-state index in [1.807, 2.05) is 0 Å². The molecule has 2 fully saturated rings. The summed E-state index contributed by atoms with van der Waals surface area (Å²) in [7, 11) is 0. The summed E-state index contributed by atoms with van der Waals surface area (Å²) in [5.41, 5.74) is 1.54. The van der Waals surface area contributed by atoms with E-state index < -0.39 is 17.8 Å². The molecule has 2 aliphatic heterocycles. The van der Waals surface area contributed by atoms with Crippen molar-refractivity contribution in [2.45, 2.75) is 6.92 Å². The van der Waals surface area contributed by atoms with Gasteiger partial charge in [0, 0.05) is 13.1 Å². The molecule has 2 aromatic rings. The first-order valence-corrected chi connectivity index (χ1v) is 10.5. The number of aryl methyl sites for hydroxylation is 1. The molecule has 1 N–H and O–H groups in total. The lowest BCUT2D eigenvalue weighted by Crippen LogP contribution is -2.54. The number of hydrogen-bond donors (Lipinski definition) is 1. The number of morpholine rings is 1. The lowest BCUT2D eigenvalue weighted by molar-refractivity contribution is -0.137. The number of rotatable bonds is 5. The molecule has 2 aliphatic rings. The van der Waals surface area contributed by atoms with E-state index in [4.69, 9.17) is 9.47 Å². The van der Waals surface area contributed by atoms with Crippen LogP contribution in [0.15, 0.2) is 54.1 Å². The van der Waals surface area contributed by atoms with Gasteiger partial charge in [-0.05, 0) is 42.3 Å². The van der Waals surface area contributed by atoms with Crippen LogP contribution in [0.4, 0.5) is 10.5 Å². The quantitative estimate of drug-likeness (QED) is 0.552. The third-order valence-electron chi connectivity index (χ3n) is 5.38. The minimum absolute atomic E-state index is 0.0885. The molecule has 2 saturated heterocycles. The van der Waals surface area contributed by atoms with Crippen LogP contribution in [0.25, 0.3) is 6.08 Å². The molecule has 33 heavy (non-hydrogen) atoms. The highest BCUT2D eigenvalue weighted by Crippen LogP contribution is 2.25. The van der Waals surface area contributed by atoms with Crippen LogP contribution in [0.3, 0.4) is 0 Å². The molecular formula is C24H23N3O6. The van der Waals surface area contributed by atoms with Gasteiger partial charge in [-0.2, -0.15) is 0 Å². The predicted octanol–water partition coefficient (Wildman–Crippen LogP) is 1.90. The molecule has 0 unspecified atom stereocenters. The lowest BCUT2D eigenvalue weighted by atomic mass is 10.1. The van der Waals surface area contributed by atoms with Crippen LogP contribution in [-0.2, 0) is 19.1 Å². The lowest BCUT2D eigenvalue weighted by Gasteiger charge is -2.27. The molecule has 4 rings (SSSR count). The van der Waals surface area contributed by atoms with Crippen molar-refractivity contribution in [2.75, 3.05) is 37.8 Å². The topological polar surface area (TPSA) is 105 Å². The van der Waals surface area contributed by atoms with Gasteiger partial charge in [0.05, 0.1) is 18.9 Å². The summed E-state index contributed by atoms with van der Waals surface area (Å²) < 4.78 is 10.8. The van der Waals surface area contributed by atoms with E-state index in [2.05, 4.69) is 5.32 Å². The number of hydrogen-bond acceptors (Lipinski definition) is 6. The van der Waals surface area contributed by atoms with Crippen LogP contribution in [0.2, 0.25) is 0 Å². The van der Waals surface area contributed by atoms with Gasteiger partial charge in [0.15, 0.2) is 6.61 Å². The maximum absolute atomic E-state index is 13.0. The third kappa shape index (κ3) is 4.93. The Kier molecular flexibility index (Phi) is 6.50. The number of anilines is 1. The second kappa shape index (κ2) is 9.66. The first-order chi connectivity index (χ1) is 15.9. The van der Waals surface area contributed by atoms with Crippen molar-refractivity contribution in [3.8, 4) is 5.75 Å². The molecular weight excluding hydrogens is 426 g/mol. The van der Waals surface area contributed by atoms with E-state index in [0.29, 0.717) is 43.3 Å². The molecule has 0 spiro atoms. The number of para-hydroxylation sites is 1. The van der Waals surface area contributed by atoms with Gasteiger partial charge < -0.3 is 14.4 Å². The number of ether oxygens (including phenoxy) is 2. The SMILES string of the molecule is Cc1ccccc1N1C(=O)NC(=O)/C(=C\c2ccc(OCC(=O)N3CCOCC3)cc2)C1=O. The molecule has 0 aromatic heterocycles. The zero-order chi connectivity index (χ0) is 23.4. The molecule has 0 atom stereocenters. The Morgan fingerprint density at radius 1 is 1.06 bits per heavy atom. The van der Waals surface area contributed by atoms with Crippen molar-refractivity contribution < 1.29 is 28.7 Å². The summed E-state index contributed by atoms with van der Waals surface area (Å²) in [6.07, 6.45) is 1.41. The zero-order valence-corrected chi connectivity index (χ0v) is 18.1. The number of nitrogens with one attached hydrogen (secondary N) is 1. The van der Waals surface area contributed by atoms with Crippen LogP contribution >= 0.6 is 0 Å². The Balaban J connectivity index is 1.46. The van der Waals surface area contributed by atoms with E-state index in [1.165, 1.54) is 6.08 Å². The van der Waals surface area contributed by atoms with Crippen LogP contribution in [0, 0.1) is 6.92 Å². The number of urea groups is 1. The molecule has 0 saturated carbocycles. The van der Waals surface area contributed by atoms with Crippen molar-refractivity contribution in [2.24, 2.45) is 0 Å². The number of carbonyl (C=O) groups is 4. The highest BCUT2D eigenvalue weighted by atomic mass is 16.5. The monoisotopic (exact) mass is 449 g/mol. The van der Waals surface area contributed by atoms with E-state index in [9.17, 15) is 19.2 Å². The Bertz CT molecular complexity index is 1120. The summed E-state index contributed by atoms with van der Waals surface area (Å²) in [6, 6.07) is 12.8. The largest absolute Gasteiger partial charge is 0.484 e. The van der Waals surface area contributed by atoms with Crippen LogP contribution in [0.1, 0.15) is 11.1 Å². The average Bonchev–Trinajstić information content (AvgIpc) is 2.82. The van der Waals surface area contributed by atoms with E-state index in [1.54, 1.807) is 60.4 Å². The van der Waals surface area contributed by atoms with Crippen LogP contribution in [0.5, 0.6) is 5.75 Å². The fraction of sp³-hybridized carbons (Fsp3) is 0.250. The maximum Gasteiger partial charge on any atom is 0.335 e.